The molecule has 2 N–H and O–H groups in total. The van der Waals surface area contributed by atoms with E-state index in [1.54, 1.807) is 18.2 Å². The predicted octanol–water partition coefficient (Wildman–Crippen LogP) is 2.89. The summed E-state index contributed by atoms with van der Waals surface area (Å²) in [7, 11) is -2.09. The SMILES string of the molecule is CNS(=O)(=O)c1ccc(/C=C/C(=O)NCCCCOc2ccc(C)cc2)cc1. The van der Waals surface area contributed by atoms with Crippen molar-refractivity contribution in [1.29, 1.82) is 0 Å². The lowest BCUT2D eigenvalue weighted by molar-refractivity contribution is -0.116. The molecule has 0 heterocycles. The van der Waals surface area contributed by atoms with Crippen LogP contribution in [0.25, 0.3) is 6.08 Å². The van der Waals surface area contributed by atoms with E-state index in [0.717, 1.165) is 24.2 Å². The van der Waals surface area contributed by atoms with Gasteiger partial charge in [-0.2, -0.15) is 0 Å². The quantitative estimate of drug-likeness (QED) is 0.473. The zero-order chi connectivity index (χ0) is 20.4. The maximum Gasteiger partial charge on any atom is 0.243 e. The molecule has 0 unspecified atom stereocenters. The molecular formula is C21H26N2O4S. The van der Waals surface area contributed by atoms with E-state index >= 15 is 0 Å². The van der Waals surface area contributed by atoms with Crippen LogP contribution in [0.1, 0.15) is 24.0 Å². The third kappa shape index (κ3) is 7.17. The Hall–Kier alpha value is -2.64. The average Bonchev–Trinajstić information content (AvgIpc) is 2.70. The Balaban J connectivity index is 1.66. The minimum absolute atomic E-state index is 0.185. The Morgan fingerprint density at radius 1 is 1.04 bits per heavy atom. The minimum atomic E-state index is -3.45. The monoisotopic (exact) mass is 402 g/mol. The molecule has 0 aromatic heterocycles. The number of ether oxygens (including phenoxy) is 1. The van der Waals surface area contributed by atoms with Gasteiger partial charge in [-0.1, -0.05) is 29.8 Å². The number of carbonyl (C=O) groups excluding carboxylic acids is 1. The number of aryl methyl sites for hydroxylation is 1. The van der Waals surface area contributed by atoms with Crippen molar-refractivity contribution < 1.29 is 17.9 Å². The molecule has 2 aromatic rings. The molecule has 0 saturated heterocycles. The second-order valence-electron chi connectivity index (χ2n) is 6.27. The van der Waals surface area contributed by atoms with Crippen molar-refractivity contribution in [1.82, 2.24) is 10.0 Å². The van der Waals surface area contributed by atoms with Crippen molar-refractivity contribution in [2.75, 3.05) is 20.2 Å². The number of sulfonamides is 1. The third-order valence-electron chi connectivity index (χ3n) is 4.05. The first kappa shape index (κ1) is 21.7. The molecular weight excluding hydrogens is 376 g/mol. The summed E-state index contributed by atoms with van der Waals surface area (Å²) in [4.78, 5) is 12.0. The van der Waals surface area contributed by atoms with Crippen LogP contribution >= 0.6 is 0 Å². The Morgan fingerprint density at radius 3 is 2.36 bits per heavy atom. The number of benzene rings is 2. The highest BCUT2D eigenvalue weighted by molar-refractivity contribution is 7.89. The highest BCUT2D eigenvalue weighted by Gasteiger charge is 2.09. The second-order valence-corrected chi connectivity index (χ2v) is 8.16. The molecule has 0 radical (unpaired) electrons. The normalized spacial score (nSPS) is 11.5. The molecule has 0 bridgehead atoms. The van der Waals surface area contributed by atoms with E-state index in [4.69, 9.17) is 4.74 Å². The number of nitrogens with one attached hydrogen (secondary N) is 2. The van der Waals surface area contributed by atoms with E-state index in [0.29, 0.717) is 13.2 Å². The van der Waals surface area contributed by atoms with Crippen molar-refractivity contribution in [2.24, 2.45) is 0 Å². The number of unbranched alkanes of at least 4 members (excludes halogenated alkanes) is 1. The Kier molecular flexibility index (Phi) is 8.22. The Bertz CT molecular complexity index is 889. The van der Waals surface area contributed by atoms with Gasteiger partial charge in [-0.3, -0.25) is 4.79 Å². The van der Waals surface area contributed by atoms with Gasteiger partial charge in [0.15, 0.2) is 0 Å². The van der Waals surface area contributed by atoms with Crippen molar-refractivity contribution >= 4 is 22.0 Å². The number of hydrogen-bond acceptors (Lipinski definition) is 4. The zero-order valence-electron chi connectivity index (χ0n) is 16.1. The van der Waals surface area contributed by atoms with Crippen molar-refractivity contribution in [3.8, 4) is 5.75 Å². The topological polar surface area (TPSA) is 84.5 Å². The number of amides is 1. The molecule has 0 aliphatic rings. The van der Waals surface area contributed by atoms with Gasteiger partial charge in [0.05, 0.1) is 11.5 Å². The summed E-state index contributed by atoms with van der Waals surface area (Å²) in [6.45, 7) is 3.21. The minimum Gasteiger partial charge on any atom is -0.494 e. The van der Waals surface area contributed by atoms with Gasteiger partial charge in [0.1, 0.15) is 5.75 Å². The molecule has 28 heavy (non-hydrogen) atoms. The van der Waals surface area contributed by atoms with Gasteiger partial charge < -0.3 is 10.1 Å². The van der Waals surface area contributed by atoms with Crippen LogP contribution in [0, 0.1) is 6.92 Å². The molecule has 1 amide bonds. The summed E-state index contributed by atoms with van der Waals surface area (Å²) in [5.74, 6) is 0.664. The summed E-state index contributed by atoms with van der Waals surface area (Å²) < 4.78 is 31.2. The second kappa shape index (κ2) is 10.6. The van der Waals surface area contributed by atoms with Gasteiger partial charge in [-0.15, -0.1) is 0 Å². The highest BCUT2D eigenvalue weighted by Crippen LogP contribution is 2.12. The van der Waals surface area contributed by atoms with Crippen LogP contribution < -0.4 is 14.8 Å². The van der Waals surface area contributed by atoms with Gasteiger partial charge >= 0.3 is 0 Å². The molecule has 6 nitrogen and oxygen atoms in total. The number of rotatable bonds is 10. The fourth-order valence-corrected chi connectivity index (χ4v) is 3.10. The lowest BCUT2D eigenvalue weighted by Gasteiger charge is -2.06. The highest BCUT2D eigenvalue weighted by atomic mass is 32.2. The Morgan fingerprint density at radius 2 is 1.71 bits per heavy atom. The van der Waals surface area contributed by atoms with Crippen molar-refractivity contribution in [2.45, 2.75) is 24.7 Å². The van der Waals surface area contributed by atoms with Crippen LogP contribution in [0.15, 0.2) is 59.5 Å². The van der Waals surface area contributed by atoms with Crippen molar-refractivity contribution in [3.05, 3.63) is 65.7 Å². The molecule has 0 spiro atoms. The Labute approximate surface area is 166 Å². The summed E-state index contributed by atoms with van der Waals surface area (Å²) in [5.41, 5.74) is 1.94. The summed E-state index contributed by atoms with van der Waals surface area (Å²) in [6.07, 6.45) is 4.75. The van der Waals surface area contributed by atoms with E-state index in [-0.39, 0.29) is 10.8 Å². The van der Waals surface area contributed by atoms with E-state index in [2.05, 4.69) is 10.0 Å². The van der Waals surface area contributed by atoms with Crippen LogP contribution in [0.3, 0.4) is 0 Å². The summed E-state index contributed by atoms with van der Waals surface area (Å²) in [6, 6.07) is 14.2. The van der Waals surface area contributed by atoms with Crippen LogP contribution in [0.4, 0.5) is 0 Å². The molecule has 0 saturated carbocycles. The molecule has 2 rings (SSSR count). The summed E-state index contributed by atoms with van der Waals surface area (Å²) >= 11 is 0. The number of hydrogen-bond donors (Lipinski definition) is 2. The largest absolute Gasteiger partial charge is 0.494 e. The van der Waals surface area contributed by atoms with Gasteiger partial charge in [0.2, 0.25) is 15.9 Å². The standard InChI is InChI=1S/C21H26N2O4S/c1-17-5-10-19(11-6-17)27-16-4-3-15-23-21(24)14-9-18-7-12-20(13-8-18)28(25,26)22-2/h5-14,22H,3-4,15-16H2,1-2H3,(H,23,24)/b14-9+. The van der Waals surface area contributed by atoms with E-state index in [1.807, 2.05) is 31.2 Å². The fraction of sp³-hybridized carbons (Fsp3) is 0.286. The van der Waals surface area contributed by atoms with E-state index in [1.165, 1.54) is 30.8 Å². The predicted molar refractivity (Wildman–Crippen MR) is 111 cm³/mol. The molecule has 7 heteroatoms. The van der Waals surface area contributed by atoms with Gasteiger partial charge in [-0.05, 0) is 62.7 Å². The van der Waals surface area contributed by atoms with E-state index < -0.39 is 10.0 Å². The molecule has 0 atom stereocenters. The lowest BCUT2D eigenvalue weighted by atomic mass is 10.2. The van der Waals surface area contributed by atoms with Gasteiger partial charge in [0, 0.05) is 12.6 Å². The average molecular weight is 403 g/mol. The fourth-order valence-electron chi connectivity index (χ4n) is 2.37. The van der Waals surface area contributed by atoms with Gasteiger partial charge in [-0.25, -0.2) is 13.1 Å². The van der Waals surface area contributed by atoms with Crippen LogP contribution in [-0.2, 0) is 14.8 Å². The molecule has 150 valence electrons. The lowest BCUT2D eigenvalue weighted by Crippen LogP contribution is -2.22. The van der Waals surface area contributed by atoms with E-state index in [9.17, 15) is 13.2 Å². The molecule has 2 aromatic carbocycles. The first-order valence-electron chi connectivity index (χ1n) is 9.10. The first-order valence-corrected chi connectivity index (χ1v) is 10.6. The maximum absolute atomic E-state index is 11.8. The van der Waals surface area contributed by atoms with Crippen LogP contribution in [0.2, 0.25) is 0 Å². The zero-order valence-corrected chi connectivity index (χ0v) is 17.0. The molecule has 0 aliphatic carbocycles. The molecule has 0 fully saturated rings. The first-order chi connectivity index (χ1) is 13.4. The van der Waals surface area contributed by atoms with Gasteiger partial charge in [0.25, 0.3) is 0 Å². The smallest absolute Gasteiger partial charge is 0.243 e. The maximum atomic E-state index is 11.8. The van der Waals surface area contributed by atoms with Crippen LogP contribution in [0.5, 0.6) is 5.75 Å². The van der Waals surface area contributed by atoms with Crippen LogP contribution in [-0.4, -0.2) is 34.5 Å². The number of carbonyl (C=O) groups is 1. The molecule has 0 aliphatic heterocycles. The summed E-state index contributed by atoms with van der Waals surface area (Å²) in [5, 5.41) is 2.82. The van der Waals surface area contributed by atoms with Crippen molar-refractivity contribution in [3.63, 3.8) is 0 Å². The third-order valence-corrected chi connectivity index (χ3v) is 5.48.